The molecule has 1 N–H and O–H groups in total. The van der Waals surface area contributed by atoms with Gasteiger partial charge in [0.2, 0.25) is 0 Å². The van der Waals surface area contributed by atoms with Gasteiger partial charge in [0.05, 0.1) is 18.1 Å². The van der Waals surface area contributed by atoms with E-state index in [1.807, 2.05) is 6.92 Å². The van der Waals surface area contributed by atoms with Gasteiger partial charge in [-0.3, -0.25) is 9.59 Å². The maximum absolute atomic E-state index is 12.9. The average molecular weight is 483 g/mol. The smallest absolute Gasteiger partial charge is 0.329 e. The van der Waals surface area contributed by atoms with E-state index < -0.39 is 45.8 Å². The van der Waals surface area contributed by atoms with E-state index in [4.69, 9.17) is 9.47 Å². The highest BCUT2D eigenvalue weighted by molar-refractivity contribution is 7.91. The summed E-state index contributed by atoms with van der Waals surface area (Å²) in [7, 11) is -3.16. The number of carbonyl (C=O) groups excluding carboxylic acids is 3. The number of ether oxygens (including phenoxy) is 2. The summed E-state index contributed by atoms with van der Waals surface area (Å²) < 4.78 is 34.4. The predicted molar refractivity (Wildman–Crippen MR) is 124 cm³/mol. The van der Waals surface area contributed by atoms with Gasteiger partial charge in [-0.05, 0) is 57.4 Å². The number of nitrogens with zero attached hydrogens (tertiary/aromatic N) is 1. The minimum absolute atomic E-state index is 0.0443. The Bertz CT molecular complexity index is 944. The van der Waals surface area contributed by atoms with Gasteiger partial charge in [-0.15, -0.1) is 0 Å². The van der Waals surface area contributed by atoms with E-state index in [2.05, 4.69) is 5.32 Å². The van der Waals surface area contributed by atoms with Crippen LogP contribution in [0.4, 0.5) is 0 Å². The van der Waals surface area contributed by atoms with E-state index in [-0.39, 0.29) is 17.4 Å². The third-order valence-electron chi connectivity index (χ3n) is 5.55. The van der Waals surface area contributed by atoms with Gasteiger partial charge in [0.1, 0.15) is 11.8 Å². The normalized spacial score (nSPS) is 18.9. The first-order valence-electron chi connectivity index (χ1n) is 11.2. The molecule has 1 aliphatic rings. The number of sulfone groups is 1. The molecule has 0 saturated carbocycles. The summed E-state index contributed by atoms with van der Waals surface area (Å²) >= 11 is 0. The number of benzene rings is 1. The highest BCUT2D eigenvalue weighted by atomic mass is 32.2. The zero-order valence-corrected chi connectivity index (χ0v) is 20.7. The lowest BCUT2D eigenvalue weighted by Crippen LogP contribution is -2.50. The van der Waals surface area contributed by atoms with Crippen LogP contribution in [0.1, 0.15) is 51.4 Å². The number of carbonyl (C=O) groups is 3. The quantitative estimate of drug-likeness (QED) is 0.505. The molecule has 2 rings (SSSR count). The lowest BCUT2D eigenvalue weighted by atomic mass is 10.0. The molecule has 1 aromatic rings. The van der Waals surface area contributed by atoms with Crippen molar-refractivity contribution in [1.82, 2.24) is 10.2 Å². The van der Waals surface area contributed by atoms with Crippen molar-refractivity contribution in [2.45, 2.75) is 59.2 Å². The van der Waals surface area contributed by atoms with Gasteiger partial charge in [0, 0.05) is 18.2 Å². The molecule has 1 aliphatic heterocycles. The topological polar surface area (TPSA) is 119 Å². The molecule has 2 amide bonds. The molecule has 1 fully saturated rings. The van der Waals surface area contributed by atoms with Crippen LogP contribution >= 0.6 is 0 Å². The molecule has 9 nitrogen and oxygen atoms in total. The second-order valence-corrected chi connectivity index (χ2v) is 10.6. The van der Waals surface area contributed by atoms with E-state index in [0.717, 1.165) is 0 Å². The molecule has 0 aromatic heterocycles. The molecule has 3 atom stereocenters. The van der Waals surface area contributed by atoms with E-state index in [9.17, 15) is 22.8 Å². The van der Waals surface area contributed by atoms with Gasteiger partial charge in [0.25, 0.3) is 11.8 Å². The molecule has 184 valence electrons. The van der Waals surface area contributed by atoms with E-state index in [0.29, 0.717) is 30.9 Å². The van der Waals surface area contributed by atoms with Gasteiger partial charge in [-0.1, -0.05) is 13.8 Å². The van der Waals surface area contributed by atoms with Crippen LogP contribution in [-0.4, -0.2) is 73.9 Å². The molecule has 0 bridgehead atoms. The van der Waals surface area contributed by atoms with Crippen LogP contribution in [0.3, 0.4) is 0 Å². The number of hydrogen-bond donors (Lipinski definition) is 1. The van der Waals surface area contributed by atoms with Crippen LogP contribution in [0.5, 0.6) is 5.75 Å². The van der Waals surface area contributed by atoms with Crippen molar-refractivity contribution in [2.75, 3.05) is 24.7 Å². The van der Waals surface area contributed by atoms with Gasteiger partial charge in [0.15, 0.2) is 15.9 Å². The second kappa shape index (κ2) is 11.5. The van der Waals surface area contributed by atoms with Crippen LogP contribution in [0.15, 0.2) is 24.3 Å². The highest BCUT2D eigenvalue weighted by Gasteiger charge is 2.37. The Morgan fingerprint density at radius 1 is 1.12 bits per heavy atom. The molecule has 10 heteroatoms. The maximum atomic E-state index is 12.9. The van der Waals surface area contributed by atoms with Gasteiger partial charge in [-0.25, -0.2) is 13.2 Å². The summed E-state index contributed by atoms with van der Waals surface area (Å²) in [4.78, 5) is 39.8. The van der Waals surface area contributed by atoms with Gasteiger partial charge >= 0.3 is 5.97 Å². The largest absolute Gasteiger partial charge is 0.494 e. The fourth-order valence-electron chi connectivity index (χ4n) is 3.74. The average Bonchev–Trinajstić information content (AvgIpc) is 3.11. The van der Waals surface area contributed by atoms with Crippen LogP contribution in [0.2, 0.25) is 0 Å². The molecule has 0 radical (unpaired) electrons. The molecule has 0 spiro atoms. The minimum atomic E-state index is -3.16. The zero-order chi connectivity index (χ0) is 24.8. The third kappa shape index (κ3) is 7.18. The van der Waals surface area contributed by atoms with Crippen LogP contribution < -0.4 is 10.1 Å². The van der Waals surface area contributed by atoms with Crippen LogP contribution in [0.25, 0.3) is 0 Å². The Kier molecular flexibility index (Phi) is 9.27. The number of esters is 1. The fourth-order valence-corrected chi connectivity index (χ4v) is 5.47. The molecule has 1 heterocycles. The van der Waals surface area contributed by atoms with Crippen molar-refractivity contribution in [3.63, 3.8) is 0 Å². The van der Waals surface area contributed by atoms with Gasteiger partial charge < -0.3 is 19.7 Å². The summed E-state index contributed by atoms with van der Waals surface area (Å²) in [5.41, 5.74) is 0.362. The van der Waals surface area contributed by atoms with E-state index in [1.165, 1.54) is 11.8 Å². The first-order valence-corrected chi connectivity index (χ1v) is 13.1. The summed E-state index contributed by atoms with van der Waals surface area (Å²) in [6.07, 6.45) is -0.737. The monoisotopic (exact) mass is 482 g/mol. The van der Waals surface area contributed by atoms with Gasteiger partial charge in [-0.2, -0.15) is 0 Å². The predicted octanol–water partition coefficient (Wildman–Crippen LogP) is 1.81. The second-order valence-electron chi connectivity index (χ2n) is 8.41. The Balaban J connectivity index is 2.03. The molecule has 1 aromatic carbocycles. The van der Waals surface area contributed by atoms with Crippen molar-refractivity contribution in [1.29, 1.82) is 0 Å². The number of rotatable bonds is 10. The van der Waals surface area contributed by atoms with Crippen molar-refractivity contribution in [3.8, 4) is 5.75 Å². The van der Waals surface area contributed by atoms with Crippen molar-refractivity contribution < 1.29 is 32.3 Å². The summed E-state index contributed by atoms with van der Waals surface area (Å²) in [5, 5.41) is 2.68. The number of likely N-dealkylation sites (N-methyl/N-ethyl adjacent to an activating group) is 1. The summed E-state index contributed by atoms with van der Waals surface area (Å²) in [6, 6.07) is 5.16. The molecular formula is C23H34N2O7S. The molecule has 0 aliphatic carbocycles. The van der Waals surface area contributed by atoms with Crippen molar-refractivity contribution >= 4 is 27.6 Å². The Labute approximate surface area is 195 Å². The number of nitrogens with one attached hydrogen (secondary N) is 1. The third-order valence-corrected chi connectivity index (χ3v) is 7.30. The molecule has 1 saturated heterocycles. The summed E-state index contributed by atoms with van der Waals surface area (Å²) in [6.45, 7) is 9.42. The van der Waals surface area contributed by atoms with Crippen LogP contribution in [0, 0.1) is 5.92 Å². The zero-order valence-electron chi connectivity index (χ0n) is 19.9. The molecule has 33 heavy (non-hydrogen) atoms. The first kappa shape index (κ1) is 26.6. The molecular weight excluding hydrogens is 448 g/mol. The van der Waals surface area contributed by atoms with Crippen molar-refractivity contribution in [2.24, 2.45) is 5.92 Å². The van der Waals surface area contributed by atoms with Crippen molar-refractivity contribution in [3.05, 3.63) is 29.8 Å². The van der Waals surface area contributed by atoms with E-state index >= 15 is 0 Å². The number of hydrogen-bond acceptors (Lipinski definition) is 7. The van der Waals surface area contributed by atoms with Crippen LogP contribution in [-0.2, 0) is 24.2 Å². The number of amides is 2. The highest BCUT2D eigenvalue weighted by Crippen LogP contribution is 2.19. The first-order chi connectivity index (χ1) is 15.5. The van der Waals surface area contributed by atoms with E-state index in [1.54, 1.807) is 45.0 Å². The standard InChI is InChI=1S/C23H34N2O7S/c1-6-25(18-12-13-33(29,30)14-18)22(27)16(5)32-23(28)20(15(3)4)24-21(26)17-8-10-19(11-9-17)31-7-2/h8-11,15-16,18,20H,6-7,12-14H2,1-5H3,(H,24,26)/t16?,18?,20-/m0/s1. The minimum Gasteiger partial charge on any atom is -0.494 e. The SMILES string of the molecule is CCOc1ccc(C(=O)N[C@H](C(=O)OC(C)C(=O)N(CC)C2CCS(=O)(=O)C2)C(C)C)cc1. The maximum Gasteiger partial charge on any atom is 0.329 e. The Morgan fingerprint density at radius 3 is 2.24 bits per heavy atom. The summed E-state index contributed by atoms with van der Waals surface area (Å²) in [5.74, 6) is -1.30. The lowest BCUT2D eigenvalue weighted by molar-refractivity contribution is -0.162. The Hall–Kier alpha value is -2.62. The molecule has 2 unspecified atom stereocenters. The fraction of sp³-hybridized carbons (Fsp3) is 0.609. The lowest BCUT2D eigenvalue weighted by Gasteiger charge is -2.30. The Morgan fingerprint density at radius 2 is 1.76 bits per heavy atom.